The third-order valence-corrected chi connectivity index (χ3v) is 3.71. The van der Waals surface area contributed by atoms with Crippen molar-refractivity contribution in [3.05, 3.63) is 15.9 Å². The van der Waals surface area contributed by atoms with Gasteiger partial charge in [-0.2, -0.15) is 5.26 Å². The van der Waals surface area contributed by atoms with Gasteiger partial charge in [-0.15, -0.1) is 11.3 Å². The molecule has 1 aromatic rings. The molecule has 0 saturated heterocycles. The van der Waals surface area contributed by atoms with Gasteiger partial charge in [-0.05, 0) is 41.9 Å². The van der Waals surface area contributed by atoms with Gasteiger partial charge in [0.15, 0.2) is 0 Å². The molecule has 0 aliphatic rings. The average molecular weight is 287 g/mol. The maximum atomic E-state index is 11.9. The molecule has 1 amide bonds. The van der Waals surface area contributed by atoms with Gasteiger partial charge in [0, 0.05) is 7.05 Å². The zero-order valence-electron chi connectivity index (χ0n) is 8.74. The second kappa shape index (κ2) is 4.33. The minimum atomic E-state index is -0.981. The van der Waals surface area contributed by atoms with Crippen LogP contribution in [0.15, 0.2) is 15.9 Å². The van der Waals surface area contributed by atoms with Crippen molar-refractivity contribution in [2.45, 2.75) is 13.8 Å². The molecule has 80 valence electrons. The van der Waals surface area contributed by atoms with Crippen LogP contribution in [0.4, 0.5) is 5.00 Å². The van der Waals surface area contributed by atoms with Crippen LogP contribution < -0.4 is 4.90 Å². The molecule has 1 heterocycles. The van der Waals surface area contributed by atoms with E-state index in [0.717, 1.165) is 8.79 Å². The number of amides is 1. The molecule has 0 aromatic carbocycles. The van der Waals surface area contributed by atoms with Gasteiger partial charge >= 0.3 is 0 Å². The van der Waals surface area contributed by atoms with Crippen molar-refractivity contribution in [3.63, 3.8) is 0 Å². The van der Waals surface area contributed by atoms with Crippen molar-refractivity contribution >= 4 is 38.2 Å². The molecular weight excluding hydrogens is 276 g/mol. The summed E-state index contributed by atoms with van der Waals surface area (Å²) in [5.41, 5.74) is -0.981. The van der Waals surface area contributed by atoms with Gasteiger partial charge in [-0.1, -0.05) is 0 Å². The van der Waals surface area contributed by atoms with Crippen molar-refractivity contribution in [3.8, 4) is 6.07 Å². The molecular formula is C10H11BrN2OS. The number of anilines is 1. The van der Waals surface area contributed by atoms with Crippen molar-refractivity contribution in [1.29, 1.82) is 5.26 Å². The third kappa shape index (κ3) is 2.58. The molecule has 1 rings (SSSR count). The van der Waals surface area contributed by atoms with E-state index in [1.165, 1.54) is 16.2 Å². The van der Waals surface area contributed by atoms with Gasteiger partial charge in [0.05, 0.1) is 14.9 Å². The lowest BCUT2D eigenvalue weighted by Crippen LogP contribution is -2.37. The Hall–Kier alpha value is -0.860. The first-order valence-electron chi connectivity index (χ1n) is 4.33. The maximum absolute atomic E-state index is 11.9. The van der Waals surface area contributed by atoms with E-state index in [-0.39, 0.29) is 5.91 Å². The van der Waals surface area contributed by atoms with Gasteiger partial charge < -0.3 is 4.90 Å². The van der Waals surface area contributed by atoms with E-state index >= 15 is 0 Å². The Morgan fingerprint density at radius 2 is 2.20 bits per heavy atom. The number of thiophene rings is 1. The smallest absolute Gasteiger partial charge is 0.247 e. The normalized spacial score (nSPS) is 10.9. The van der Waals surface area contributed by atoms with Gasteiger partial charge in [0.25, 0.3) is 0 Å². The van der Waals surface area contributed by atoms with E-state index in [4.69, 9.17) is 5.26 Å². The first-order valence-corrected chi connectivity index (χ1v) is 5.94. The predicted octanol–water partition coefficient (Wildman–Crippen LogP) is 3.02. The van der Waals surface area contributed by atoms with Crippen LogP contribution in [0.2, 0.25) is 0 Å². The Labute approximate surface area is 101 Å². The molecule has 15 heavy (non-hydrogen) atoms. The summed E-state index contributed by atoms with van der Waals surface area (Å²) in [5.74, 6) is -0.195. The van der Waals surface area contributed by atoms with Crippen molar-refractivity contribution < 1.29 is 4.79 Å². The number of nitrogens with zero attached hydrogens (tertiary/aromatic N) is 2. The average Bonchev–Trinajstić information content (AvgIpc) is 2.62. The Morgan fingerprint density at radius 1 is 1.60 bits per heavy atom. The lowest BCUT2D eigenvalue weighted by molar-refractivity contribution is -0.123. The standard InChI is InChI=1S/C10H11BrN2OS/c1-10(2,6-12)9(14)13(3)8-5-4-7(11)15-8/h4-5H,1-3H3. The van der Waals surface area contributed by atoms with Crippen LogP contribution in [-0.2, 0) is 4.79 Å². The molecule has 0 fully saturated rings. The zero-order chi connectivity index (χ0) is 11.6. The Kier molecular flexibility index (Phi) is 3.53. The summed E-state index contributed by atoms with van der Waals surface area (Å²) in [4.78, 5) is 13.4. The second-order valence-corrected chi connectivity index (χ2v) is 6.12. The number of nitriles is 1. The summed E-state index contributed by atoms with van der Waals surface area (Å²) in [6, 6.07) is 5.73. The number of hydrogen-bond donors (Lipinski definition) is 0. The molecule has 0 aliphatic carbocycles. The number of carbonyl (C=O) groups is 1. The molecule has 0 atom stereocenters. The molecule has 1 aromatic heterocycles. The zero-order valence-corrected chi connectivity index (χ0v) is 11.1. The first kappa shape index (κ1) is 12.2. The fourth-order valence-electron chi connectivity index (χ4n) is 1.05. The molecule has 0 bridgehead atoms. The van der Waals surface area contributed by atoms with Gasteiger partial charge in [0.1, 0.15) is 5.41 Å². The number of rotatable bonds is 2. The summed E-state index contributed by atoms with van der Waals surface area (Å²) in [5, 5.41) is 9.69. The highest BCUT2D eigenvalue weighted by atomic mass is 79.9. The number of halogens is 1. The molecule has 5 heteroatoms. The number of carbonyl (C=O) groups excluding carboxylic acids is 1. The predicted molar refractivity (Wildman–Crippen MR) is 64.8 cm³/mol. The summed E-state index contributed by atoms with van der Waals surface area (Å²) in [6.07, 6.45) is 0. The minimum Gasteiger partial charge on any atom is -0.306 e. The van der Waals surface area contributed by atoms with E-state index in [1.807, 2.05) is 18.2 Å². The molecule has 0 aliphatic heterocycles. The Bertz CT molecular complexity index is 419. The molecule has 0 saturated carbocycles. The van der Waals surface area contributed by atoms with E-state index in [9.17, 15) is 4.79 Å². The highest BCUT2D eigenvalue weighted by Crippen LogP contribution is 2.31. The van der Waals surface area contributed by atoms with Crippen molar-refractivity contribution in [1.82, 2.24) is 0 Å². The minimum absolute atomic E-state index is 0.195. The van der Waals surface area contributed by atoms with Crippen molar-refractivity contribution in [2.75, 3.05) is 11.9 Å². The molecule has 0 unspecified atom stereocenters. The summed E-state index contributed by atoms with van der Waals surface area (Å²) in [7, 11) is 1.68. The van der Waals surface area contributed by atoms with Crippen LogP contribution in [0.5, 0.6) is 0 Å². The van der Waals surface area contributed by atoms with Gasteiger partial charge in [-0.3, -0.25) is 4.79 Å². The Balaban J connectivity index is 2.92. The lowest BCUT2D eigenvalue weighted by atomic mass is 9.94. The van der Waals surface area contributed by atoms with Gasteiger partial charge in [0.2, 0.25) is 5.91 Å². The SMILES string of the molecule is CN(C(=O)C(C)(C)C#N)c1ccc(Br)s1. The lowest BCUT2D eigenvalue weighted by Gasteiger charge is -2.22. The van der Waals surface area contributed by atoms with Crippen LogP contribution >= 0.6 is 27.3 Å². The molecule has 0 N–H and O–H groups in total. The topological polar surface area (TPSA) is 44.1 Å². The highest BCUT2D eigenvalue weighted by molar-refractivity contribution is 9.11. The van der Waals surface area contributed by atoms with Crippen LogP contribution in [0.25, 0.3) is 0 Å². The van der Waals surface area contributed by atoms with Crippen LogP contribution in [-0.4, -0.2) is 13.0 Å². The number of hydrogen-bond acceptors (Lipinski definition) is 3. The van der Waals surface area contributed by atoms with E-state index in [1.54, 1.807) is 20.9 Å². The summed E-state index contributed by atoms with van der Waals surface area (Å²) < 4.78 is 0.965. The maximum Gasteiger partial charge on any atom is 0.247 e. The van der Waals surface area contributed by atoms with E-state index < -0.39 is 5.41 Å². The molecule has 0 radical (unpaired) electrons. The third-order valence-electron chi connectivity index (χ3n) is 2.01. The van der Waals surface area contributed by atoms with E-state index in [2.05, 4.69) is 15.9 Å². The molecule has 0 spiro atoms. The van der Waals surface area contributed by atoms with Crippen LogP contribution in [0, 0.1) is 16.7 Å². The fraction of sp³-hybridized carbons (Fsp3) is 0.400. The quantitative estimate of drug-likeness (QED) is 0.839. The second-order valence-electron chi connectivity index (χ2n) is 3.68. The summed E-state index contributed by atoms with van der Waals surface area (Å²) >= 11 is 4.80. The van der Waals surface area contributed by atoms with Crippen LogP contribution in [0.3, 0.4) is 0 Å². The van der Waals surface area contributed by atoms with E-state index in [0.29, 0.717) is 0 Å². The fourth-order valence-corrected chi connectivity index (χ4v) is 2.37. The van der Waals surface area contributed by atoms with Gasteiger partial charge in [-0.25, -0.2) is 0 Å². The summed E-state index contributed by atoms with van der Waals surface area (Å²) in [6.45, 7) is 3.24. The molecule has 3 nitrogen and oxygen atoms in total. The highest BCUT2D eigenvalue weighted by Gasteiger charge is 2.31. The van der Waals surface area contributed by atoms with Crippen LogP contribution in [0.1, 0.15) is 13.8 Å². The Morgan fingerprint density at radius 3 is 2.60 bits per heavy atom. The monoisotopic (exact) mass is 286 g/mol. The first-order chi connectivity index (χ1) is 6.88. The largest absolute Gasteiger partial charge is 0.306 e. The van der Waals surface area contributed by atoms with Crippen molar-refractivity contribution in [2.24, 2.45) is 5.41 Å².